The second-order valence-corrected chi connectivity index (χ2v) is 5.28. The molecule has 0 saturated heterocycles. The van der Waals surface area contributed by atoms with Crippen LogP contribution in [0.3, 0.4) is 0 Å². The maximum Gasteiger partial charge on any atom is 0.251 e. The van der Waals surface area contributed by atoms with Crippen molar-refractivity contribution in [3.05, 3.63) is 65.7 Å². The first-order chi connectivity index (χ1) is 10.6. The van der Waals surface area contributed by atoms with Crippen LogP contribution in [0.5, 0.6) is 0 Å². The second-order valence-electron chi connectivity index (χ2n) is 5.28. The lowest BCUT2D eigenvalue weighted by Crippen LogP contribution is -2.27. The van der Waals surface area contributed by atoms with Crippen LogP contribution in [0.4, 0.5) is 5.69 Å². The number of benzene rings is 2. The zero-order valence-corrected chi connectivity index (χ0v) is 12.8. The van der Waals surface area contributed by atoms with Crippen molar-refractivity contribution in [2.75, 3.05) is 11.9 Å². The zero-order chi connectivity index (χ0) is 15.9. The fourth-order valence-electron chi connectivity index (χ4n) is 2.19. The van der Waals surface area contributed by atoms with Crippen LogP contribution in [0.15, 0.2) is 54.6 Å². The summed E-state index contributed by atoms with van der Waals surface area (Å²) in [6.45, 7) is 4.07. The Balaban J connectivity index is 1.96. The van der Waals surface area contributed by atoms with Gasteiger partial charge in [0.25, 0.3) is 5.91 Å². The topological polar surface area (TPSA) is 58.2 Å². The van der Waals surface area contributed by atoms with E-state index in [1.54, 1.807) is 24.3 Å². The molecule has 0 radical (unpaired) electrons. The van der Waals surface area contributed by atoms with Crippen LogP contribution in [-0.2, 0) is 4.79 Å². The molecule has 0 fully saturated rings. The van der Waals surface area contributed by atoms with Crippen LogP contribution in [0.25, 0.3) is 0 Å². The van der Waals surface area contributed by atoms with Gasteiger partial charge in [-0.1, -0.05) is 43.3 Å². The minimum atomic E-state index is -0.157. The number of anilines is 1. The largest absolute Gasteiger partial charge is 0.351 e. The first kappa shape index (κ1) is 15.8. The third-order valence-corrected chi connectivity index (χ3v) is 3.38. The molecule has 22 heavy (non-hydrogen) atoms. The van der Waals surface area contributed by atoms with E-state index in [0.29, 0.717) is 17.8 Å². The van der Waals surface area contributed by atoms with Gasteiger partial charge in [0, 0.05) is 24.7 Å². The number of carbonyl (C=O) groups is 2. The van der Waals surface area contributed by atoms with Gasteiger partial charge in [-0.25, -0.2) is 0 Å². The van der Waals surface area contributed by atoms with Crippen LogP contribution >= 0.6 is 0 Å². The Morgan fingerprint density at radius 2 is 1.77 bits per heavy atom. The lowest BCUT2D eigenvalue weighted by atomic mass is 10.0. The third kappa shape index (κ3) is 4.45. The maximum atomic E-state index is 12.2. The van der Waals surface area contributed by atoms with E-state index in [1.165, 1.54) is 12.5 Å². The van der Waals surface area contributed by atoms with Crippen LogP contribution < -0.4 is 10.6 Å². The number of amides is 2. The molecule has 2 rings (SSSR count). The molecule has 2 N–H and O–H groups in total. The van der Waals surface area contributed by atoms with Crippen molar-refractivity contribution in [2.45, 2.75) is 19.8 Å². The first-order valence-electron chi connectivity index (χ1n) is 7.27. The molecule has 2 aromatic carbocycles. The van der Waals surface area contributed by atoms with Crippen molar-refractivity contribution in [3.63, 3.8) is 0 Å². The minimum absolute atomic E-state index is 0.144. The van der Waals surface area contributed by atoms with Gasteiger partial charge >= 0.3 is 0 Å². The van der Waals surface area contributed by atoms with Crippen molar-refractivity contribution < 1.29 is 9.59 Å². The molecule has 2 amide bonds. The molecule has 0 unspecified atom stereocenters. The summed E-state index contributed by atoms with van der Waals surface area (Å²) in [5.74, 6) is -0.0612. The predicted octanol–water partition coefficient (Wildman–Crippen LogP) is 3.18. The molecule has 4 nitrogen and oxygen atoms in total. The Morgan fingerprint density at radius 1 is 1.05 bits per heavy atom. The number of hydrogen-bond donors (Lipinski definition) is 2. The molecular formula is C18H20N2O2. The fraction of sp³-hybridized carbons (Fsp3) is 0.222. The monoisotopic (exact) mass is 296 g/mol. The van der Waals surface area contributed by atoms with Crippen molar-refractivity contribution in [1.82, 2.24) is 5.32 Å². The van der Waals surface area contributed by atoms with Gasteiger partial charge in [-0.05, 0) is 29.7 Å². The molecule has 0 spiro atoms. The summed E-state index contributed by atoms with van der Waals surface area (Å²) in [6.07, 6.45) is 0. The van der Waals surface area contributed by atoms with E-state index in [-0.39, 0.29) is 17.7 Å². The van der Waals surface area contributed by atoms with Crippen molar-refractivity contribution in [1.29, 1.82) is 0 Å². The van der Waals surface area contributed by atoms with Gasteiger partial charge in [0.05, 0.1) is 0 Å². The molecule has 0 aliphatic rings. The van der Waals surface area contributed by atoms with E-state index in [2.05, 4.69) is 17.6 Å². The van der Waals surface area contributed by atoms with Crippen molar-refractivity contribution in [3.8, 4) is 0 Å². The van der Waals surface area contributed by atoms with E-state index in [0.717, 1.165) is 0 Å². The summed E-state index contributed by atoms with van der Waals surface area (Å²) >= 11 is 0. The fourth-order valence-corrected chi connectivity index (χ4v) is 2.19. The van der Waals surface area contributed by atoms with Crippen LogP contribution in [-0.4, -0.2) is 18.4 Å². The second kappa shape index (κ2) is 7.41. The highest BCUT2D eigenvalue weighted by atomic mass is 16.2. The van der Waals surface area contributed by atoms with Gasteiger partial charge in [-0.15, -0.1) is 0 Å². The third-order valence-electron chi connectivity index (χ3n) is 3.38. The van der Waals surface area contributed by atoms with E-state index in [1.807, 2.05) is 30.3 Å². The zero-order valence-electron chi connectivity index (χ0n) is 12.8. The molecule has 0 heterocycles. The summed E-state index contributed by atoms with van der Waals surface area (Å²) < 4.78 is 0. The highest BCUT2D eigenvalue weighted by Gasteiger charge is 2.10. The number of carbonyl (C=O) groups excluding carboxylic acids is 2. The van der Waals surface area contributed by atoms with E-state index < -0.39 is 0 Å². The van der Waals surface area contributed by atoms with Crippen LogP contribution in [0, 0.1) is 0 Å². The molecule has 1 atom stereocenters. The first-order valence-corrected chi connectivity index (χ1v) is 7.27. The van der Waals surface area contributed by atoms with Gasteiger partial charge in [-0.2, -0.15) is 0 Å². The molecule has 0 aliphatic carbocycles. The Labute approximate surface area is 130 Å². The lowest BCUT2D eigenvalue weighted by Gasteiger charge is -2.13. The van der Waals surface area contributed by atoms with Crippen LogP contribution in [0.2, 0.25) is 0 Å². The van der Waals surface area contributed by atoms with E-state index >= 15 is 0 Å². The number of hydrogen-bond acceptors (Lipinski definition) is 2. The van der Waals surface area contributed by atoms with E-state index in [9.17, 15) is 9.59 Å². The Hall–Kier alpha value is -2.62. The molecule has 0 bridgehead atoms. The number of rotatable bonds is 5. The summed E-state index contributed by atoms with van der Waals surface area (Å²) in [5.41, 5.74) is 2.34. The van der Waals surface area contributed by atoms with Gasteiger partial charge < -0.3 is 10.6 Å². The Bertz CT molecular complexity index is 653. The van der Waals surface area contributed by atoms with Gasteiger partial charge in [-0.3, -0.25) is 9.59 Å². The van der Waals surface area contributed by atoms with Crippen LogP contribution in [0.1, 0.15) is 35.7 Å². The van der Waals surface area contributed by atoms with Gasteiger partial charge in [0.15, 0.2) is 0 Å². The molecule has 2 aromatic rings. The van der Waals surface area contributed by atoms with E-state index in [4.69, 9.17) is 0 Å². The molecular weight excluding hydrogens is 276 g/mol. The SMILES string of the molecule is CC(=O)Nc1cccc(C(=O)NC[C@H](C)c2ccccc2)c1. The molecule has 114 valence electrons. The normalized spacial score (nSPS) is 11.5. The molecule has 0 aromatic heterocycles. The summed E-state index contributed by atoms with van der Waals surface area (Å²) in [7, 11) is 0. The quantitative estimate of drug-likeness (QED) is 0.890. The Kier molecular flexibility index (Phi) is 5.31. The molecule has 0 saturated carbocycles. The standard InChI is InChI=1S/C18H20N2O2/c1-13(15-7-4-3-5-8-15)12-19-18(22)16-9-6-10-17(11-16)20-14(2)21/h3-11,13H,12H2,1-2H3,(H,19,22)(H,20,21)/t13-/m0/s1. The summed E-state index contributed by atoms with van der Waals surface area (Å²) in [5, 5.41) is 5.60. The summed E-state index contributed by atoms with van der Waals surface area (Å²) in [6, 6.07) is 17.0. The molecule has 0 aliphatic heterocycles. The highest BCUT2D eigenvalue weighted by Crippen LogP contribution is 2.14. The van der Waals surface area contributed by atoms with Gasteiger partial charge in [0.1, 0.15) is 0 Å². The lowest BCUT2D eigenvalue weighted by molar-refractivity contribution is -0.114. The van der Waals surface area contributed by atoms with Gasteiger partial charge in [0.2, 0.25) is 5.91 Å². The summed E-state index contributed by atoms with van der Waals surface area (Å²) in [4.78, 5) is 23.2. The maximum absolute atomic E-state index is 12.2. The smallest absolute Gasteiger partial charge is 0.251 e. The average molecular weight is 296 g/mol. The minimum Gasteiger partial charge on any atom is -0.351 e. The average Bonchev–Trinajstić information content (AvgIpc) is 2.52. The number of nitrogens with one attached hydrogen (secondary N) is 2. The highest BCUT2D eigenvalue weighted by molar-refractivity contribution is 5.96. The Morgan fingerprint density at radius 3 is 2.45 bits per heavy atom. The van der Waals surface area contributed by atoms with Crippen molar-refractivity contribution >= 4 is 17.5 Å². The molecule has 4 heteroatoms. The predicted molar refractivity (Wildman–Crippen MR) is 87.9 cm³/mol. The van der Waals surface area contributed by atoms with Crippen molar-refractivity contribution in [2.24, 2.45) is 0 Å².